The molecule has 5 rings (SSSR count). The SMILES string of the molecule is CN1C(=O)c2cc(NC(=O)c3ccc(Cl)cc3)ccc2OC[C@H]2O[C@H](CC(=O)NCc3cccc(F)c3)CC[C@@H]21. The lowest BCUT2D eigenvalue weighted by Gasteiger charge is -2.42. The number of amides is 3. The number of nitrogens with zero attached hydrogens (tertiary/aromatic N) is 1. The third-order valence-corrected chi connectivity index (χ3v) is 7.42. The van der Waals surface area contributed by atoms with Gasteiger partial charge in [0.1, 0.15) is 24.3 Å². The summed E-state index contributed by atoms with van der Waals surface area (Å²) in [6.45, 7) is 0.432. The van der Waals surface area contributed by atoms with Gasteiger partial charge in [0, 0.05) is 29.9 Å². The molecule has 3 aromatic rings. The summed E-state index contributed by atoms with van der Waals surface area (Å²) in [7, 11) is 1.73. The lowest BCUT2D eigenvalue weighted by atomic mass is 9.94. The van der Waals surface area contributed by atoms with Crippen molar-refractivity contribution in [2.75, 3.05) is 19.0 Å². The van der Waals surface area contributed by atoms with Crippen molar-refractivity contribution in [3.63, 3.8) is 0 Å². The lowest BCUT2D eigenvalue weighted by Crippen LogP contribution is -2.53. The Morgan fingerprint density at radius 1 is 1.07 bits per heavy atom. The van der Waals surface area contributed by atoms with Gasteiger partial charge in [-0.2, -0.15) is 0 Å². The standard InChI is InChI=1S/C30H29ClFN3O5/c1-35-25-11-10-23(15-28(36)33-16-18-3-2-4-21(32)13-18)40-27(25)17-39-26-12-9-22(14-24(26)30(35)38)34-29(37)19-5-7-20(31)8-6-19/h2-9,12-14,23,25,27H,10-11,15-17H2,1H3,(H,33,36)(H,34,37)/t23-,25-,27+/m0/s1. The van der Waals surface area contributed by atoms with Gasteiger partial charge in [0.05, 0.1) is 24.1 Å². The van der Waals surface area contributed by atoms with Crippen LogP contribution in [0.15, 0.2) is 66.7 Å². The van der Waals surface area contributed by atoms with Crippen molar-refractivity contribution in [3.8, 4) is 5.75 Å². The number of nitrogens with one attached hydrogen (secondary N) is 2. The Labute approximate surface area is 236 Å². The molecule has 0 saturated carbocycles. The van der Waals surface area contributed by atoms with Crippen molar-refractivity contribution in [3.05, 3.63) is 94.3 Å². The van der Waals surface area contributed by atoms with Gasteiger partial charge in [-0.05, 0) is 73.0 Å². The summed E-state index contributed by atoms with van der Waals surface area (Å²) < 4.78 is 25.6. The van der Waals surface area contributed by atoms with E-state index in [1.807, 2.05) is 0 Å². The number of likely N-dealkylation sites (N-methyl/N-ethyl adjacent to an activating group) is 1. The number of carbonyl (C=O) groups is 3. The fourth-order valence-electron chi connectivity index (χ4n) is 5.04. The van der Waals surface area contributed by atoms with Crippen LogP contribution in [0.1, 0.15) is 45.5 Å². The molecule has 2 heterocycles. The molecule has 8 nitrogen and oxygen atoms in total. The number of halogens is 2. The van der Waals surface area contributed by atoms with Crippen molar-refractivity contribution in [2.45, 2.75) is 44.1 Å². The van der Waals surface area contributed by atoms with E-state index in [0.29, 0.717) is 46.0 Å². The smallest absolute Gasteiger partial charge is 0.257 e. The molecule has 1 saturated heterocycles. The summed E-state index contributed by atoms with van der Waals surface area (Å²) >= 11 is 5.91. The Bertz CT molecular complexity index is 1420. The monoisotopic (exact) mass is 565 g/mol. The number of rotatable bonds is 6. The number of fused-ring (bicyclic) bond motifs is 2. The molecule has 0 spiro atoms. The quantitative estimate of drug-likeness (QED) is 0.447. The first-order valence-corrected chi connectivity index (χ1v) is 13.4. The van der Waals surface area contributed by atoms with Crippen LogP contribution in [-0.2, 0) is 16.1 Å². The molecule has 0 aromatic heterocycles. The zero-order chi connectivity index (χ0) is 28.2. The van der Waals surface area contributed by atoms with E-state index in [4.69, 9.17) is 21.1 Å². The van der Waals surface area contributed by atoms with Gasteiger partial charge in [-0.15, -0.1) is 0 Å². The van der Waals surface area contributed by atoms with E-state index in [9.17, 15) is 18.8 Å². The maximum absolute atomic E-state index is 13.5. The van der Waals surface area contributed by atoms with Gasteiger partial charge in [0.2, 0.25) is 5.91 Å². The second-order valence-corrected chi connectivity index (χ2v) is 10.4. The molecule has 2 N–H and O–H groups in total. The molecular weight excluding hydrogens is 537 g/mol. The van der Waals surface area contributed by atoms with E-state index in [1.54, 1.807) is 66.5 Å². The summed E-state index contributed by atoms with van der Waals surface area (Å²) in [4.78, 5) is 40.3. The molecule has 1 fully saturated rings. The van der Waals surface area contributed by atoms with Gasteiger partial charge in [0.15, 0.2) is 0 Å². The third kappa shape index (κ3) is 6.43. The van der Waals surface area contributed by atoms with Gasteiger partial charge in [-0.25, -0.2) is 4.39 Å². The first kappa shape index (κ1) is 27.6. The van der Waals surface area contributed by atoms with Gasteiger partial charge >= 0.3 is 0 Å². The zero-order valence-corrected chi connectivity index (χ0v) is 22.6. The lowest BCUT2D eigenvalue weighted by molar-refractivity contribution is -0.134. The van der Waals surface area contributed by atoms with Crippen LogP contribution in [0, 0.1) is 5.82 Å². The summed E-state index contributed by atoms with van der Waals surface area (Å²) in [5.74, 6) is -0.726. The molecule has 3 atom stereocenters. The molecule has 2 aliphatic rings. The molecule has 10 heteroatoms. The number of benzene rings is 3. The maximum Gasteiger partial charge on any atom is 0.257 e. The average Bonchev–Trinajstić information content (AvgIpc) is 2.94. The van der Waals surface area contributed by atoms with Crippen LogP contribution < -0.4 is 15.4 Å². The Morgan fingerprint density at radius 2 is 1.88 bits per heavy atom. The highest BCUT2D eigenvalue weighted by molar-refractivity contribution is 6.30. The minimum atomic E-state index is -0.416. The largest absolute Gasteiger partial charge is 0.490 e. The molecule has 0 bridgehead atoms. The molecule has 2 aliphatic heterocycles. The Balaban J connectivity index is 1.21. The third-order valence-electron chi connectivity index (χ3n) is 7.17. The van der Waals surface area contributed by atoms with Crippen molar-refractivity contribution in [2.24, 2.45) is 0 Å². The van der Waals surface area contributed by atoms with Crippen LogP contribution in [0.4, 0.5) is 10.1 Å². The van der Waals surface area contributed by atoms with Crippen molar-refractivity contribution in [1.29, 1.82) is 0 Å². The second-order valence-electron chi connectivity index (χ2n) is 9.95. The van der Waals surface area contributed by atoms with E-state index in [1.165, 1.54) is 12.1 Å². The van der Waals surface area contributed by atoms with Gasteiger partial charge < -0.3 is 25.0 Å². The Hall–Kier alpha value is -3.95. The summed E-state index contributed by atoms with van der Waals surface area (Å²) in [6, 6.07) is 17.3. The molecule has 0 aliphatic carbocycles. The molecule has 208 valence electrons. The molecular formula is C30H29ClFN3O5. The first-order chi connectivity index (χ1) is 19.3. The average molecular weight is 566 g/mol. The highest BCUT2D eigenvalue weighted by Crippen LogP contribution is 2.32. The molecule has 3 amide bonds. The second kappa shape index (κ2) is 12.1. The fourth-order valence-corrected chi connectivity index (χ4v) is 5.16. The Kier molecular flexibility index (Phi) is 8.32. The number of hydrogen-bond donors (Lipinski definition) is 2. The van der Waals surface area contributed by atoms with Crippen LogP contribution in [0.5, 0.6) is 5.75 Å². The predicted octanol–water partition coefficient (Wildman–Crippen LogP) is 4.82. The minimum Gasteiger partial charge on any atom is -0.490 e. The highest BCUT2D eigenvalue weighted by Gasteiger charge is 2.39. The zero-order valence-electron chi connectivity index (χ0n) is 21.9. The fraction of sp³-hybridized carbons (Fsp3) is 0.300. The summed E-state index contributed by atoms with van der Waals surface area (Å²) in [5.41, 5.74) is 1.92. The van der Waals surface area contributed by atoms with Crippen molar-refractivity contribution >= 4 is 35.0 Å². The van der Waals surface area contributed by atoms with Crippen LogP contribution >= 0.6 is 11.6 Å². The number of anilines is 1. The predicted molar refractivity (Wildman–Crippen MR) is 148 cm³/mol. The summed E-state index contributed by atoms with van der Waals surface area (Å²) in [5, 5.41) is 6.16. The molecule has 0 radical (unpaired) electrons. The highest BCUT2D eigenvalue weighted by atomic mass is 35.5. The van der Waals surface area contributed by atoms with Gasteiger partial charge in [-0.3, -0.25) is 14.4 Å². The van der Waals surface area contributed by atoms with Crippen LogP contribution in [0.25, 0.3) is 0 Å². The van der Waals surface area contributed by atoms with Gasteiger partial charge in [0.25, 0.3) is 11.8 Å². The first-order valence-electron chi connectivity index (χ1n) is 13.0. The number of hydrogen-bond acceptors (Lipinski definition) is 5. The van der Waals surface area contributed by atoms with Gasteiger partial charge in [-0.1, -0.05) is 23.7 Å². The van der Waals surface area contributed by atoms with Crippen molar-refractivity contribution in [1.82, 2.24) is 10.2 Å². The van der Waals surface area contributed by atoms with Crippen LogP contribution in [0.3, 0.4) is 0 Å². The molecule has 0 unspecified atom stereocenters. The van der Waals surface area contributed by atoms with E-state index >= 15 is 0 Å². The molecule has 3 aromatic carbocycles. The topological polar surface area (TPSA) is 97.0 Å². The number of carbonyl (C=O) groups excluding carboxylic acids is 3. The van der Waals surface area contributed by atoms with E-state index in [-0.39, 0.29) is 55.3 Å². The van der Waals surface area contributed by atoms with Crippen LogP contribution in [-0.4, -0.2) is 54.5 Å². The van der Waals surface area contributed by atoms with Crippen molar-refractivity contribution < 1.29 is 28.2 Å². The summed E-state index contributed by atoms with van der Waals surface area (Å²) in [6.07, 6.45) is 0.645. The normalized spacial score (nSPS) is 20.3. The minimum absolute atomic E-state index is 0.156. The van der Waals surface area contributed by atoms with Crippen LogP contribution in [0.2, 0.25) is 5.02 Å². The molecule has 40 heavy (non-hydrogen) atoms. The maximum atomic E-state index is 13.5. The van der Waals surface area contributed by atoms with E-state index in [0.717, 1.165) is 0 Å². The number of ether oxygens (including phenoxy) is 2. The van der Waals surface area contributed by atoms with E-state index < -0.39 is 6.10 Å². The van der Waals surface area contributed by atoms with E-state index in [2.05, 4.69) is 10.6 Å². The Morgan fingerprint density at radius 3 is 2.65 bits per heavy atom.